The fourth-order valence-electron chi connectivity index (χ4n) is 3.14. The van der Waals surface area contributed by atoms with Gasteiger partial charge in [0, 0.05) is 6.54 Å². The zero-order valence-corrected chi connectivity index (χ0v) is 15.7. The predicted molar refractivity (Wildman–Crippen MR) is 110 cm³/mol. The van der Waals surface area contributed by atoms with E-state index in [4.69, 9.17) is 18.9 Å². The number of nitrogens with zero attached hydrogens (tertiary/aromatic N) is 2. The van der Waals surface area contributed by atoms with Gasteiger partial charge < -0.3 is 18.5 Å². The van der Waals surface area contributed by atoms with Crippen LogP contribution in [0, 0.1) is 0 Å². The zero-order chi connectivity index (χ0) is 19.2. The van der Waals surface area contributed by atoms with Crippen LogP contribution in [0.25, 0.3) is 23.2 Å². The Bertz CT molecular complexity index is 1060. The highest BCUT2D eigenvalue weighted by molar-refractivity contribution is 5.79. The van der Waals surface area contributed by atoms with Gasteiger partial charge in [-0.05, 0) is 55.0 Å². The number of para-hydroxylation sites is 4. The van der Waals surface area contributed by atoms with Crippen LogP contribution in [0.4, 0.5) is 0 Å². The first-order valence-electron chi connectivity index (χ1n) is 9.28. The Morgan fingerprint density at radius 1 is 0.964 bits per heavy atom. The van der Waals surface area contributed by atoms with E-state index >= 15 is 0 Å². The molecule has 2 heterocycles. The number of rotatable bonds is 8. The van der Waals surface area contributed by atoms with Crippen molar-refractivity contribution in [3.63, 3.8) is 0 Å². The molecule has 2 aromatic heterocycles. The second kappa shape index (κ2) is 8.48. The number of hydrogen-bond donors (Lipinski definition) is 0. The van der Waals surface area contributed by atoms with E-state index < -0.39 is 0 Å². The van der Waals surface area contributed by atoms with Gasteiger partial charge in [-0.2, -0.15) is 0 Å². The molecule has 28 heavy (non-hydrogen) atoms. The van der Waals surface area contributed by atoms with E-state index in [2.05, 4.69) is 10.6 Å². The number of fused-ring (bicyclic) bond motifs is 1. The summed E-state index contributed by atoms with van der Waals surface area (Å²) in [5, 5.41) is 0. The first-order chi connectivity index (χ1) is 13.8. The van der Waals surface area contributed by atoms with Crippen molar-refractivity contribution in [2.75, 3.05) is 13.7 Å². The monoisotopic (exact) mass is 374 g/mol. The lowest BCUT2D eigenvalue weighted by Gasteiger charge is -2.11. The first kappa shape index (κ1) is 17.9. The van der Waals surface area contributed by atoms with Gasteiger partial charge in [0.15, 0.2) is 11.5 Å². The van der Waals surface area contributed by atoms with Crippen molar-refractivity contribution in [2.24, 2.45) is 0 Å². The topological polar surface area (TPSA) is 49.4 Å². The lowest BCUT2D eigenvalue weighted by Crippen LogP contribution is -2.06. The van der Waals surface area contributed by atoms with Crippen molar-refractivity contribution in [3.05, 3.63) is 78.5 Å². The van der Waals surface area contributed by atoms with Gasteiger partial charge in [0.1, 0.15) is 11.6 Å². The molecule has 0 radical (unpaired) electrons. The normalized spacial score (nSPS) is 11.3. The molecule has 0 saturated heterocycles. The molecular formula is C23H22N2O3. The van der Waals surface area contributed by atoms with E-state index in [1.807, 2.05) is 66.7 Å². The minimum absolute atomic E-state index is 0.591. The number of methoxy groups -OCH3 is 1. The molecule has 4 aromatic rings. The number of aryl methyl sites for hydroxylation is 1. The summed E-state index contributed by atoms with van der Waals surface area (Å²) in [7, 11) is 1.65. The molecule has 5 heteroatoms. The number of ether oxygens (including phenoxy) is 2. The third-order valence-electron chi connectivity index (χ3n) is 4.48. The molecule has 0 bridgehead atoms. The van der Waals surface area contributed by atoms with Gasteiger partial charge in [-0.15, -0.1) is 0 Å². The maximum atomic E-state index is 5.91. The van der Waals surface area contributed by atoms with E-state index in [1.165, 1.54) is 0 Å². The van der Waals surface area contributed by atoms with Gasteiger partial charge in [0.2, 0.25) is 0 Å². The molecule has 0 amide bonds. The third kappa shape index (κ3) is 3.93. The molecule has 0 unspecified atom stereocenters. The van der Waals surface area contributed by atoms with Gasteiger partial charge in [-0.25, -0.2) is 4.98 Å². The van der Waals surface area contributed by atoms with Crippen molar-refractivity contribution in [1.29, 1.82) is 0 Å². The van der Waals surface area contributed by atoms with E-state index in [-0.39, 0.29) is 0 Å². The van der Waals surface area contributed by atoms with Crippen LogP contribution in [-0.4, -0.2) is 23.3 Å². The van der Waals surface area contributed by atoms with Gasteiger partial charge in [-0.1, -0.05) is 24.3 Å². The van der Waals surface area contributed by atoms with Crippen LogP contribution in [0.15, 0.2) is 71.3 Å². The fourth-order valence-corrected chi connectivity index (χ4v) is 3.14. The number of furan rings is 1. The summed E-state index contributed by atoms with van der Waals surface area (Å²) in [4.78, 5) is 4.75. The SMILES string of the molecule is COc1ccccc1OCCCn1c(/C=C/c2ccco2)nc2ccccc21. The minimum Gasteiger partial charge on any atom is -0.493 e. The molecule has 0 aliphatic heterocycles. The number of hydrogen-bond acceptors (Lipinski definition) is 4. The summed E-state index contributed by atoms with van der Waals surface area (Å²) in [5.41, 5.74) is 2.09. The molecule has 0 saturated carbocycles. The predicted octanol–water partition coefficient (Wildman–Crippen LogP) is 5.28. The lowest BCUT2D eigenvalue weighted by molar-refractivity contribution is 0.283. The Morgan fingerprint density at radius 3 is 2.61 bits per heavy atom. The van der Waals surface area contributed by atoms with E-state index in [0.29, 0.717) is 6.61 Å². The van der Waals surface area contributed by atoms with Crippen molar-refractivity contribution in [2.45, 2.75) is 13.0 Å². The second-order valence-corrected chi connectivity index (χ2v) is 6.31. The number of imidazole rings is 1. The highest BCUT2D eigenvalue weighted by Crippen LogP contribution is 2.26. The molecule has 0 N–H and O–H groups in total. The van der Waals surface area contributed by atoms with Crippen LogP contribution in [0.1, 0.15) is 18.0 Å². The van der Waals surface area contributed by atoms with Crippen LogP contribution >= 0.6 is 0 Å². The largest absolute Gasteiger partial charge is 0.493 e. The Morgan fingerprint density at radius 2 is 1.79 bits per heavy atom. The lowest BCUT2D eigenvalue weighted by atomic mass is 10.3. The van der Waals surface area contributed by atoms with E-state index in [0.717, 1.165) is 47.1 Å². The molecule has 142 valence electrons. The highest BCUT2D eigenvalue weighted by Gasteiger charge is 2.09. The highest BCUT2D eigenvalue weighted by atomic mass is 16.5. The number of aromatic nitrogens is 2. The fraction of sp³-hybridized carbons (Fsp3) is 0.174. The summed E-state index contributed by atoms with van der Waals surface area (Å²) >= 11 is 0. The molecule has 0 spiro atoms. The molecule has 5 nitrogen and oxygen atoms in total. The second-order valence-electron chi connectivity index (χ2n) is 6.31. The van der Waals surface area contributed by atoms with E-state index in [1.54, 1.807) is 13.4 Å². The molecule has 0 aliphatic carbocycles. The zero-order valence-electron chi connectivity index (χ0n) is 15.7. The smallest absolute Gasteiger partial charge is 0.161 e. The summed E-state index contributed by atoms with van der Waals surface area (Å²) in [6.45, 7) is 1.39. The quantitative estimate of drug-likeness (QED) is 0.394. The Kier molecular flexibility index (Phi) is 5.43. The molecule has 0 atom stereocenters. The standard InChI is InChI=1S/C23H22N2O3/c1-26-21-11-4-5-12-22(21)28-17-7-15-25-20-10-3-2-9-19(20)24-23(25)14-13-18-8-6-16-27-18/h2-6,8-14,16H,7,15,17H2,1H3/b14-13+. The maximum absolute atomic E-state index is 5.91. The van der Waals surface area contributed by atoms with Crippen molar-refractivity contribution in [3.8, 4) is 11.5 Å². The first-order valence-corrected chi connectivity index (χ1v) is 9.28. The van der Waals surface area contributed by atoms with Crippen LogP contribution in [0.5, 0.6) is 11.5 Å². The summed E-state index contributed by atoms with van der Waals surface area (Å²) < 4.78 is 18.8. The van der Waals surface area contributed by atoms with Crippen LogP contribution in [-0.2, 0) is 6.54 Å². The maximum Gasteiger partial charge on any atom is 0.161 e. The van der Waals surface area contributed by atoms with Gasteiger partial charge in [0.05, 0.1) is 31.0 Å². The molecule has 0 aliphatic rings. The van der Waals surface area contributed by atoms with Crippen LogP contribution in [0.3, 0.4) is 0 Å². The molecule has 4 rings (SSSR count). The van der Waals surface area contributed by atoms with Gasteiger partial charge in [-0.3, -0.25) is 0 Å². The van der Waals surface area contributed by atoms with Gasteiger partial charge in [0.25, 0.3) is 0 Å². The summed E-state index contributed by atoms with van der Waals surface area (Å²) in [6, 6.07) is 19.6. The van der Waals surface area contributed by atoms with Crippen molar-refractivity contribution >= 4 is 23.2 Å². The third-order valence-corrected chi connectivity index (χ3v) is 4.48. The average molecular weight is 374 g/mol. The molecular weight excluding hydrogens is 352 g/mol. The number of benzene rings is 2. The van der Waals surface area contributed by atoms with Crippen molar-refractivity contribution < 1.29 is 13.9 Å². The van der Waals surface area contributed by atoms with E-state index in [9.17, 15) is 0 Å². The van der Waals surface area contributed by atoms with Crippen LogP contribution < -0.4 is 9.47 Å². The van der Waals surface area contributed by atoms with Crippen LogP contribution in [0.2, 0.25) is 0 Å². The summed E-state index contributed by atoms with van der Waals surface area (Å²) in [6.07, 6.45) is 6.43. The van der Waals surface area contributed by atoms with Gasteiger partial charge >= 0.3 is 0 Å². The Hall–Kier alpha value is -3.47. The van der Waals surface area contributed by atoms with Crippen molar-refractivity contribution in [1.82, 2.24) is 9.55 Å². The minimum atomic E-state index is 0.591. The summed E-state index contributed by atoms with van der Waals surface area (Å²) in [5.74, 6) is 3.21. The average Bonchev–Trinajstić information content (AvgIpc) is 3.37. The Labute approximate surface area is 163 Å². The Balaban J connectivity index is 1.48. The molecule has 0 fully saturated rings. The molecule has 2 aromatic carbocycles.